The molecule has 0 aromatic heterocycles. The molecule has 3 nitrogen and oxygen atoms in total. The first-order valence-electron chi connectivity index (χ1n) is 5.47. The van der Waals surface area contributed by atoms with E-state index in [2.05, 4.69) is 17.0 Å². The molecule has 82 valence electrons. The Bertz CT molecular complexity index is 186. The van der Waals surface area contributed by atoms with Gasteiger partial charge in [-0.05, 0) is 38.5 Å². The van der Waals surface area contributed by atoms with Crippen LogP contribution in [0.15, 0.2) is 0 Å². The van der Waals surface area contributed by atoms with Crippen LogP contribution < -0.4 is 5.32 Å². The van der Waals surface area contributed by atoms with Gasteiger partial charge in [0.05, 0.1) is 7.11 Å². The third kappa shape index (κ3) is 3.29. The second kappa shape index (κ2) is 5.35. The van der Waals surface area contributed by atoms with Gasteiger partial charge in [0.25, 0.3) is 0 Å². The fraction of sp³-hybridized carbons (Fsp3) is 0.909. The molecule has 14 heavy (non-hydrogen) atoms. The summed E-state index contributed by atoms with van der Waals surface area (Å²) in [6.07, 6.45) is 4.90. The first-order valence-corrected chi connectivity index (χ1v) is 5.47. The van der Waals surface area contributed by atoms with Crippen molar-refractivity contribution in [3.05, 3.63) is 0 Å². The predicted octanol–water partition coefficient (Wildman–Crippen LogP) is 1.72. The van der Waals surface area contributed by atoms with Crippen LogP contribution in [0.2, 0.25) is 0 Å². The molecule has 0 aromatic carbocycles. The fourth-order valence-corrected chi connectivity index (χ4v) is 2.03. The zero-order valence-electron chi connectivity index (χ0n) is 9.38. The maximum atomic E-state index is 11.2. The summed E-state index contributed by atoms with van der Waals surface area (Å²) in [5, 5.41) is 3.32. The Morgan fingerprint density at radius 1 is 1.36 bits per heavy atom. The van der Waals surface area contributed by atoms with Gasteiger partial charge in [0.2, 0.25) is 0 Å². The highest BCUT2D eigenvalue weighted by Crippen LogP contribution is 2.23. The van der Waals surface area contributed by atoms with E-state index in [9.17, 15) is 4.79 Å². The van der Waals surface area contributed by atoms with Crippen molar-refractivity contribution in [3.8, 4) is 0 Å². The highest BCUT2D eigenvalue weighted by molar-refractivity contribution is 5.75. The third-order valence-electron chi connectivity index (χ3n) is 3.06. The summed E-state index contributed by atoms with van der Waals surface area (Å²) in [5.74, 6) is 0.685. The lowest BCUT2D eigenvalue weighted by Crippen LogP contribution is -2.43. The van der Waals surface area contributed by atoms with E-state index in [1.807, 2.05) is 6.92 Å². The van der Waals surface area contributed by atoms with Crippen molar-refractivity contribution in [3.63, 3.8) is 0 Å². The van der Waals surface area contributed by atoms with Crippen LogP contribution in [0, 0.1) is 5.92 Å². The molecular formula is C11H21NO2. The van der Waals surface area contributed by atoms with Gasteiger partial charge in [-0.15, -0.1) is 0 Å². The van der Waals surface area contributed by atoms with E-state index in [4.69, 9.17) is 0 Å². The Morgan fingerprint density at radius 3 is 2.43 bits per heavy atom. The molecule has 0 heterocycles. The summed E-state index contributed by atoms with van der Waals surface area (Å²) in [5.41, 5.74) is 0. The normalized spacial score (nSPS) is 29.6. The molecule has 0 saturated heterocycles. The van der Waals surface area contributed by atoms with Crippen molar-refractivity contribution in [1.82, 2.24) is 5.32 Å². The maximum Gasteiger partial charge on any atom is 0.322 e. The van der Waals surface area contributed by atoms with Gasteiger partial charge < -0.3 is 10.1 Å². The second-order valence-corrected chi connectivity index (χ2v) is 4.37. The molecule has 1 atom stereocenters. The highest BCUT2D eigenvalue weighted by atomic mass is 16.5. The molecule has 0 amide bonds. The molecule has 1 N–H and O–H groups in total. The number of esters is 1. The minimum atomic E-state index is -0.168. The summed E-state index contributed by atoms with van der Waals surface area (Å²) in [7, 11) is 1.43. The van der Waals surface area contributed by atoms with Gasteiger partial charge in [-0.25, -0.2) is 0 Å². The maximum absolute atomic E-state index is 11.2. The summed E-state index contributed by atoms with van der Waals surface area (Å²) in [6, 6.07) is 0.332. The lowest BCUT2D eigenvalue weighted by Gasteiger charge is -2.28. The predicted molar refractivity (Wildman–Crippen MR) is 56.0 cm³/mol. The summed E-state index contributed by atoms with van der Waals surface area (Å²) >= 11 is 0. The van der Waals surface area contributed by atoms with E-state index in [-0.39, 0.29) is 12.0 Å². The minimum absolute atomic E-state index is 0.163. The van der Waals surface area contributed by atoms with Crippen molar-refractivity contribution in [1.29, 1.82) is 0 Å². The Morgan fingerprint density at radius 2 is 1.93 bits per heavy atom. The fourth-order valence-electron chi connectivity index (χ4n) is 2.03. The van der Waals surface area contributed by atoms with Gasteiger partial charge in [-0.2, -0.15) is 0 Å². The Hall–Kier alpha value is -0.570. The van der Waals surface area contributed by atoms with E-state index in [0.29, 0.717) is 6.04 Å². The van der Waals surface area contributed by atoms with Crippen LogP contribution in [-0.2, 0) is 9.53 Å². The van der Waals surface area contributed by atoms with Crippen LogP contribution in [0.25, 0.3) is 0 Å². The second-order valence-electron chi connectivity index (χ2n) is 4.37. The number of rotatable bonds is 3. The van der Waals surface area contributed by atoms with Crippen LogP contribution >= 0.6 is 0 Å². The summed E-state index contributed by atoms with van der Waals surface area (Å²) in [6.45, 7) is 4.16. The molecule has 0 aromatic rings. The Kier molecular flexibility index (Phi) is 4.39. The van der Waals surface area contributed by atoms with Gasteiger partial charge in [0, 0.05) is 6.04 Å². The number of methoxy groups -OCH3 is 1. The van der Waals surface area contributed by atoms with Crippen molar-refractivity contribution >= 4 is 5.97 Å². The Balaban J connectivity index is 2.27. The van der Waals surface area contributed by atoms with Crippen LogP contribution in [0.1, 0.15) is 39.5 Å². The molecule has 1 aliphatic rings. The first-order chi connectivity index (χ1) is 6.63. The lowest BCUT2D eigenvalue weighted by atomic mass is 9.87. The van der Waals surface area contributed by atoms with Gasteiger partial charge >= 0.3 is 5.97 Å². The van der Waals surface area contributed by atoms with Crippen molar-refractivity contribution in [2.45, 2.75) is 51.6 Å². The number of hydrogen-bond donors (Lipinski definition) is 1. The van der Waals surface area contributed by atoms with Crippen LogP contribution in [-0.4, -0.2) is 25.2 Å². The number of ether oxygens (including phenoxy) is 1. The van der Waals surface area contributed by atoms with E-state index in [0.717, 1.165) is 5.92 Å². The van der Waals surface area contributed by atoms with Gasteiger partial charge in [-0.1, -0.05) is 6.92 Å². The Labute approximate surface area is 86.2 Å². The van der Waals surface area contributed by atoms with Crippen molar-refractivity contribution in [2.24, 2.45) is 5.92 Å². The largest absolute Gasteiger partial charge is 0.468 e. The molecule has 0 spiro atoms. The molecule has 0 aliphatic heterocycles. The van der Waals surface area contributed by atoms with Gasteiger partial charge in [0.1, 0.15) is 6.04 Å². The average molecular weight is 199 g/mol. The molecular weight excluding hydrogens is 178 g/mol. The molecule has 3 heteroatoms. The van der Waals surface area contributed by atoms with E-state index in [1.165, 1.54) is 32.8 Å². The monoisotopic (exact) mass is 199 g/mol. The van der Waals surface area contributed by atoms with Gasteiger partial charge in [0.15, 0.2) is 0 Å². The van der Waals surface area contributed by atoms with Crippen molar-refractivity contribution in [2.75, 3.05) is 7.11 Å². The third-order valence-corrected chi connectivity index (χ3v) is 3.06. The number of nitrogens with one attached hydrogen (secondary N) is 1. The number of carbonyl (C=O) groups is 1. The SMILES string of the molecule is COC(=O)[C@H](C)NC1CCC(C)CC1. The van der Waals surface area contributed by atoms with E-state index >= 15 is 0 Å². The highest BCUT2D eigenvalue weighted by Gasteiger charge is 2.22. The quantitative estimate of drug-likeness (QED) is 0.703. The zero-order chi connectivity index (χ0) is 10.6. The minimum Gasteiger partial charge on any atom is -0.468 e. The molecule has 0 unspecified atom stereocenters. The molecule has 0 radical (unpaired) electrons. The standard InChI is InChI=1S/C11H21NO2/c1-8-4-6-10(7-5-8)12-9(2)11(13)14-3/h8-10,12H,4-7H2,1-3H3/t8?,9-,10?/m0/s1. The van der Waals surface area contributed by atoms with Crippen molar-refractivity contribution < 1.29 is 9.53 Å². The average Bonchev–Trinajstić information content (AvgIpc) is 2.20. The van der Waals surface area contributed by atoms with E-state index in [1.54, 1.807) is 0 Å². The van der Waals surface area contributed by atoms with Crippen LogP contribution in [0.5, 0.6) is 0 Å². The summed E-state index contributed by atoms with van der Waals surface area (Å²) < 4.78 is 4.67. The number of hydrogen-bond acceptors (Lipinski definition) is 3. The smallest absolute Gasteiger partial charge is 0.322 e. The van der Waals surface area contributed by atoms with Crippen LogP contribution in [0.3, 0.4) is 0 Å². The molecule has 1 fully saturated rings. The van der Waals surface area contributed by atoms with Gasteiger partial charge in [-0.3, -0.25) is 4.79 Å². The summed E-state index contributed by atoms with van der Waals surface area (Å²) in [4.78, 5) is 11.2. The van der Waals surface area contributed by atoms with Crippen LogP contribution in [0.4, 0.5) is 0 Å². The molecule has 1 saturated carbocycles. The van der Waals surface area contributed by atoms with E-state index < -0.39 is 0 Å². The number of carbonyl (C=O) groups excluding carboxylic acids is 1. The topological polar surface area (TPSA) is 38.3 Å². The lowest BCUT2D eigenvalue weighted by molar-refractivity contribution is -0.142. The zero-order valence-corrected chi connectivity index (χ0v) is 9.38. The first kappa shape index (κ1) is 11.5. The molecule has 0 bridgehead atoms. The molecule has 1 aliphatic carbocycles. The molecule has 1 rings (SSSR count).